The first kappa shape index (κ1) is 11.1. The van der Waals surface area contributed by atoms with E-state index in [1.807, 2.05) is 34.6 Å². The van der Waals surface area contributed by atoms with E-state index in [0.29, 0.717) is 12.8 Å². The number of hydrogen-bond acceptors (Lipinski definition) is 3. The zero-order valence-electron chi connectivity index (χ0n) is 9.22. The molecule has 0 atom stereocenters. The largest absolute Gasteiger partial charge is 0.299 e. The third-order valence-electron chi connectivity index (χ3n) is 2.39. The fourth-order valence-electron chi connectivity index (χ4n) is 1.58. The van der Waals surface area contributed by atoms with Gasteiger partial charge in [-0.1, -0.05) is 0 Å². The fourth-order valence-corrected chi connectivity index (χ4v) is 2.25. The molecule has 84 valence electrons. The van der Waals surface area contributed by atoms with E-state index in [9.17, 15) is 4.79 Å². The predicted molar refractivity (Wildman–Crippen MR) is 64.6 cm³/mol. The fraction of sp³-hybridized carbons (Fsp3) is 0.333. The summed E-state index contributed by atoms with van der Waals surface area (Å²) in [5.41, 5.74) is 2.11. The third kappa shape index (κ3) is 2.79. The zero-order chi connectivity index (χ0) is 11.4. The van der Waals surface area contributed by atoms with Gasteiger partial charge in [-0.25, -0.2) is 0 Å². The van der Waals surface area contributed by atoms with E-state index in [-0.39, 0.29) is 5.78 Å². The summed E-state index contributed by atoms with van der Waals surface area (Å²) in [5.74, 6) is 0.244. The minimum absolute atomic E-state index is 0.244. The van der Waals surface area contributed by atoms with Crippen molar-refractivity contribution in [3.8, 4) is 0 Å². The maximum absolute atomic E-state index is 11.7. The molecular weight excluding hydrogens is 220 g/mol. The van der Waals surface area contributed by atoms with E-state index in [0.717, 1.165) is 17.7 Å². The normalized spacial score (nSPS) is 10.6. The number of thiophene rings is 1. The highest BCUT2D eigenvalue weighted by Crippen LogP contribution is 2.09. The monoisotopic (exact) mass is 234 g/mol. The second-order valence-corrected chi connectivity index (χ2v) is 4.51. The Kier molecular flexibility index (Phi) is 3.51. The Hall–Kier alpha value is -1.42. The lowest BCUT2D eigenvalue weighted by molar-refractivity contribution is -0.117. The van der Waals surface area contributed by atoms with Crippen LogP contribution in [0.25, 0.3) is 0 Å². The lowest BCUT2D eigenvalue weighted by atomic mass is 10.1. The molecule has 4 heteroatoms. The molecular formula is C12H14N2OS. The van der Waals surface area contributed by atoms with Crippen molar-refractivity contribution in [1.29, 1.82) is 0 Å². The molecule has 0 saturated heterocycles. The lowest BCUT2D eigenvalue weighted by Gasteiger charge is -1.96. The van der Waals surface area contributed by atoms with E-state index in [1.165, 1.54) is 0 Å². The molecule has 0 N–H and O–H groups in total. The highest BCUT2D eigenvalue weighted by atomic mass is 32.1. The van der Waals surface area contributed by atoms with Crippen LogP contribution in [0.2, 0.25) is 0 Å². The van der Waals surface area contributed by atoms with Gasteiger partial charge in [-0.05, 0) is 34.9 Å². The number of carbonyl (C=O) groups is 1. The summed E-state index contributed by atoms with van der Waals surface area (Å²) in [6.07, 6.45) is 4.72. The highest BCUT2D eigenvalue weighted by molar-refractivity contribution is 7.07. The SMILES string of the molecule is CCn1cc(CC(=O)Cc2ccsc2)cn1. The number of rotatable bonds is 5. The molecule has 0 fully saturated rings. The molecule has 0 aliphatic rings. The van der Waals surface area contributed by atoms with E-state index in [1.54, 1.807) is 17.5 Å². The predicted octanol–water partition coefficient (Wildman–Crippen LogP) is 2.32. The number of hydrogen-bond donors (Lipinski definition) is 0. The maximum Gasteiger partial charge on any atom is 0.141 e. The molecule has 0 saturated carbocycles. The van der Waals surface area contributed by atoms with Gasteiger partial charge in [0.05, 0.1) is 6.20 Å². The summed E-state index contributed by atoms with van der Waals surface area (Å²) in [7, 11) is 0. The van der Waals surface area contributed by atoms with Crippen LogP contribution in [0.4, 0.5) is 0 Å². The van der Waals surface area contributed by atoms with Crippen molar-refractivity contribution in [2.45, 2.75) is 26.3 Å². The van der Waals surface area contributed by atoms with Crippen LogP contribution in [0.15, 0.2) is 29.2 Å². The molecule has 0 bridgehead atoms. The molecule has 0 spiro atoms. The van der Waals surface area contributed by atoms with E-state index >= 15 is 0 Å². The average Bonchev–Trinajstić information content (AvgIpc) is 2.89. The molecule has 0 aliphatic carbocycles. The van der Waals surface area contributed by atoms with Crippen LogP contribution >= 0.6 is 11.3 Å². The van der Waals surface area contributed by atoms with Gasteiger partial charge in [0.15, 0.2) is 0 Å². The van der Waals surface area contributed by atoms with Gasteiger partial charge < -0.3 is 0 Å². The first-order valence-corrected chi connectivity index (χ1v) is 6.26. The second-order valence-electron chi connectivity index (χ2n) is 3.73. The number of ketones is 1. The quantitative estimate of drug-likeness (QED) is 0.795. The van der Waals surface area contributed by atoms with Crippen molar-refractivity contribution >= 4 is 17.1 Å². The standard InChI is InChI=1S/C12H14N2OS/c1-2-14-8-11(7-13-14)6-12(15)5-10-3-4-16-9-10/h3-4,7-9H,2,5-6H2,1H3. The van der Waals surface area contributed by atoms with Gasteiger partial charge in [-0.15, -0.1) is 0 Å². The zero-order valence-corrected chi connectivity index (χ0v) is 10.0. The summed E-state index contributed by atoms with van der Waals surface area (Å²) in [4.78, 5) is 11.7. The molecule has 2 heterocycles. The molecule has 2 aromatic heterocycles. The Morgan fingerprint density at radius 2 is 2.25 bits per heavy atom. The number of aromatic nitrogens is 2. The first-order valence-electron chi connectivity index (χ1n) is 5.32. The molecule has 0 aromatic carbocycles. The van der Waals surface area contributed by atoms with Crippen LogP contribution in [0.1, 0.15) is 18.1 Å². The number of carbonyl (C=O) groups excluding carboxylic acids is 1. The lowest BCUT2D eigenvalue weighted by Crippen LogP contribution is -2.05. The van der Waals surface area contributed by atoms with Crippen LogP contribution in [0, 0.1) is 0 Å². The van der Waals surface area contributed by atoms with E-state index in [2.05, 4.69) is 5.10 Å². The van der Waals surface area contributed by atoms with Crippen LogP contribution in [-0.4, -0.2) is 15.6 Å². The molecule has 0 aliphatic heterocycles. The summed E-state index contributed by atoms with van der Waals surface area (Å²) in [6.45, 7) is 2.88. The Morgan fingerprint density at radius 3 is 2.88 bits per heavy atom. The van der Waals surface area contributed by atoms with Gasteiger partial charge in [0.25, 0.3) is 0 Å². The smallest absolute Gasteiger partial charge is 0.141 e. The number of nitrogens with zero attached hydrogens (tertiary/aromatic N) is 2. The van der Waals surface area contributed by atoms with E-state index in [4.69, 9.17) is 0 Å². The van der Waals surface area contributed by atoms with Crippen molar-refractivity contribution in [3.63, 3.8) is 0 Å². The van der Waals surface area contributed by atoms with Crippen LogP contribution in [0.5, 0.6) is 0 Å². The van der Waals surface area contributed by atoms with Crippen LogP contribution < -0.4 is 0 Å². The van der Waals surface area contributed by atoms with Gasteiger partial charge in [-0.3, -0.25) is 9.48 Å². The Bertz CT molecular complexity index is 459. The molecule has 2 aromatic rings. The molecule has 3 nitrogen and oxygen atoms in total. The first-order chi connectivity index (χ1) is 7.78. The molecule has 16 heavy (non-hydrogen) atoms. The molecule has 0 unspecified atom stereocenters. The van der Waals surface area contributed by atoms with Gasteiger partial charge >= 0.3 is 0 Å². The summed E-state index contributed by atoms with van der Waals surface area (Å²) in [5, 5.41) is 8.17. The average molecular weight is 234 g/mol. The Labute approximate surface area is 98.7 Å². The minimum atomic E-state index is 0.244. The molecule has 0 amide bonds. The van der Waals surface area contributed by atoms with Crippen molar-refractivity contribution in [3.05, 3.63) is 40.3 Å². The molecule has 0 radical (unpaired) electrons. The number of aryl methyl sites for hydroxylation is 1. The van der Waals surface area contributed by atoms with Gasteiger partial charge in [0, 0.05) is 25.6 Å². The van der Waals surface area contributed by atoms with Crippen LogP contribution in [-0.2, 0) is 24.2 Å². The van der Waals surface area contributed by atoms with Gasteiger partial charge in [0.2, 0.25) is 0 Å². The van der Waals surface area contributed by atoms with Crippen LogP contribution in [0.3, 0.4) is 0 Å². The van der Waals surface area contributed by atoms with Crippen molar-refractivity contribution in [1.82, 2.24) is 9.78 Å². The van der Waals surface area contributed by atoms with Crippen molar-refractivity contribution < 1.29 is 4.79 Å². The second kappa shape index (κ2) is 5.07. The topological polar surface area (TPSA) is 34.9 Å². The highest BCUT2D eigenvalue weighted by Gasteiger charge is 2.07. The maximum atomic E-state index is 11.7. The Morgan fingerprint density at radius 1 is 1.44 bits per heavy atom. The Balaban J connectivity index is 1.92. The number of Topliss-reactive ketones (excluding diaryl/α,β-unsaturated/α-hetero) is 1. The molecule has 2 rings (SSSR count). The van der Waals surface area contributed by atoms with Gasteiger partial charge in [0.1, 0.15) is 5.78 Å². The van der Waals surface area contributed by atoms with Crippen molar-refractivity contribution in [2.24, 2.45) is 0 Å². The van der Waals surface area contributed by atoms with E-state index < -0.39 is 0 Å². The minimum Gasteiger partial charge on any atom is -0.299 e. The summed E-state index contributed by atoms with van der Waals surface area (Å²) >= 11 is 1.63. The summed E-state index contributed by atoms with van der Waals surface area (Å²) in [6, 6.07) is 2.00. The van der Waals surface area contributed by atoms with Crippen molar-refractivity contribution in [2.75, 3.05) is 0 Å². The summed E-state index contributed by atoms with van der Waals surface area (Å²) < 4.78 is 1.84. The third-order valence-corrected chi connectivity index (χ3v) is 3.13. The van der Waals surface area contributed by atoms with Gasteiger partial charge in [-0.2, -0.15) is 16.4 Å².